The van der Waals surface area contributed by atoms with Crippen molar-refractivity contribution < 1.29 is 5.11 Å². The topological polar surface area (TPSA) is 23.5 Å². The van der Waals surface area contributed by atoms with E-state index in [2.05, 4.69) is 42.0 Å². The minimum absolute atomic E-state index is 0.0631. The maximum absolute atomic E-state index is 8.77. The van der Waals surface area contributed by atoms with Gasteiger partial charge in [0.15, 0.2) is 0 Å². The van der Waals surface area contributed by atoms with Crippen LogP contribution in [0.1, 0.15) is 37.1 Å². The standard InChI is InChI=1S/C15H21NOS/c1-12-5-3-8-16(13(12)2)11-15-14(6-4-9-17)7-10-18-15/h7,10,12-13,17H,3,5,8-9,11H2,1-2H3. The van der Waals surface area contributed by atoms with Gasteiger partial charge in [0.2, 0.25) is 0 Å². The summed E-state index contributed by atoms with van der Waals surface area (Å²) in [6.45, 7) is 6.80. The van der Waals surface area contributed by atoms with Crippen LogP contribution in [-0.4, -0.2) is 29.2 Å². The third-order valence-electron chi connectivity index (χ3n) is 3.90. The second-order valence-electron chi connectivity index (χ2n) is 5.05. The molecule has 1 N–H and O–H groups in total. The van der Waals surface area contributed by atoms with Gasteiger partial charge in [0, 0.05) is 23.0 Å². The van der Waals surface area contributed by atoms with Gasteiger partial charge in [0.05, 0.1) is 0 Å². The molecule has 1 aromatic heterocycles. The van der Waals surface area contributed by atoms with Crippen LogP contribution < -0.4 is 0 Å². The maximum atomic E-state index is 8.77. The lowest BCUT2D eigenvalue weighted by atomic mass is 9.92. The molecule has 2 unspecified atom stereocenters. The van der Waals surface area contributed by atoms with Crippen LogP contribution >= 0.6 is 11.3 Å². The van der Waals surface area contributed by atoms with Crippen molar-refractivity contribution in [3.8, 4) is 11.8 Å². The van der Waals surface area contributed by atoms with Crippen LogP contribution in [-0.2, 0) is 6.54 Å². The normalized spacial score (nSPS) is 24.6. The second-order valence-corrected chi connectivity index (χ2v) is 6.05. The first kappa shape index (κ1) is 13.6. The van der Waals surface area contributed by atoms with Gasteiger partial charge >= 0.3 is 0 Å². The van der Waals surface area contributed by atoms with E-state index in [9.17, 15) is 0 Å². The molecule has 18 heavy (non-hydrogen) atoms. The van der Waals surface area contributed by atoms with E-state index < -0.39 is 0 Å². The molecule has 1 fully saturated rings. The first-order valence-electron chi connectivity index (χ1n) is 6.62. The number of aliphatic hydroxyl groups is 1. The summed E-state index contributed by atoms with van der Waals surface area (Å²) in [4.78, 5) is 3.89. The van der Waals surface area contributed by atoms with Gasteiger partial charge in [-0.05, 0) is 43.7 Å². The summed E-state index contributed by atoms with van der Waals surface area (Å²) in [6.07, 6.45) is 2.65. The Morgan fingerprint density at radius 3 is 3.11 bits per heavy atom. The first-order chi connectivity index (χ1) is 8.72. The van der Waals surface area contributed by atoms with Crippen LogP contribution in [0.5, 0.6) is 0 Å². The molecule has 0 bridgehead atoms. The quantitative estimate of drug-likeness (QED) is 0.829. The molecular weight excluding hydrogens is 242 g/mol. The molecule has 0 spiro atoms. The average Bonchev–Trinajstić information content (AvgIpc) is 2.80. The summed E-state index contributed by atoms with van der Waals surface area (Å²) in [6, 6.07) is 2.71. The molecular formula is C15H21NOS. The van der Waals surface area contributed by atoms with Crippen molar-refractivity contribution in [1.29, 1.82) is 0 Å². The highest BCUT2D eigenvalue weighted by Crippen LogP contribution is 2.26. The molecule has 1 saturated heterocycles. The molecule has 0 saturated carbocycles. The monoisotopic (exact) mass is 263 g/mol. The Balaban J connectivity index is 2.07. The molecule has 3 heteroatoms. The van der Waals surface area contributed by atoms with Crippen LogP contribution in [0.15, 0.2) is 11.4 Å². The van der Waals surface area contributed by atoms with Crippen molar-refractivity contribution in [3.63, 3.8) is 0 Å². The van der Waals surface area contributed by atoms with E-state index in [4.69, 9.17) is 5.11 Å². The Morgan fingerprint density at radius 2 is 2.33 bits per heavy atom. The molecule has 0 aliphatic carbocycles. The van der Waals surface area contributed by atoms with E-state index in [0.29, 0.717) is 6.04 Å². The minimum Gasteiger partial charge on any atom is -0.384 e. The Bertz CT molecular complexity index is 443. The molecule has 2 nitrogen and oxygen atoms in total. The van der Waals surface area contributed by atoms with Crippen LogP contribution in [0.2, 0.25) is 0 Å². The van der Waals surface area contributed by atoms with Crippen molar-refractivity contribution >= 4 is 11.3 Å². The van der Waals surface area contributed by atoms with Crippen molar-refractivity contribution in [2.24, 2.45) is 5.92 Å². The summed E-state index contributed by atoms with van der Waals surface area (Å²) < 4.78 is 0. The van der Waals surface area contributed by atoms with Gasteiger partial charge in [-0.2, -0.15) is 0 Å². The molecule has 1 aromatic rings. The van der Waals surface area contributed by atoms with Crippen LogP contribution in [0.4, 0.5) is 0 Å². The summed E-state index contributed by atoms with van der Waals surface area (Å²) in [5, 5.41) is 10.9. The van der Waals surface area contributed by atoms with E-state index in [0.717, 1.165) is 18.0 Å². The molecule has 0 amide bonds. The number of rotatable bonds is 2. The molecule has 0 aromatic carbocycles. The van der Waals surface area contributed by atoms with Gasteiger partial charge in [0.1, 0.15) is 6.61 Å². The predicted molar refractivity (Wildman–Crippen MR) is 76.6 cm³/mol. The number of piperidine rings is 1. The highest BCUT2D eigenvalue weighted by molar-refractivity contribution is 7.10. The smallest absolute Gasteiger partial charge is 0.104 e. The van der Waals surface area contributed by atoms with Crippen molar-refractivity contribution in [2.75, 3.05) is 13.2 Å². The van der Waals surface area contributed by atoms with Crippen LogP contribution in [0, 0.1) is 17.8 Å². The molecule has 2 atom stereocenters. The van der Waals surface area contributed by atoms with E-state index in [-0.39, 0.29) is 6.61 Å². The zero-order valence-corrected chi connectivity index (χ0v) is 12.0. The van der Waals surface area contributed by atoms with Gasteiger partial charge in [-0.3, -0.25) is 4.90 Å². The van der Waals surface area contributed by atoms with Gasteiger partial charge in [-0.25, -0.2) is 0 Å². The Kier molecular flexibility index (Phi) is 4.82. The summed E-state index contributed by atoms with van der Waals surface area (Å²) >= 11 is 1.77. The van der Waals surface area contributed by atoms with E-state index in [1.54, 1.807) is 11.3 Å². The lowest BCUT2D eigenvalue weighted by Gasteiger charge is -2.37. The number of aliphatic hydroxyl groups excluding tert-OH is 1. The van der Waals surface area contributed by atoms with E-state index in [1.165, 1.54) is 24.3 Å². The molecule has 1 aliphatic heterocycles. The Hall–Kier alpha value is -0.820. The predicted octanol–water partition coefficient (Wildman–Crippen LogP) is 2.71. The first-order valence-corrected chi connectivity index (χ1v) is 7.50. The fraction of sp³-hybridized carbons (Fsp3) is 0.600. The van der Waals surface area contributed by atoms with Gasteiger partial charge < -0.3 is 5.11 Å². The summed E-state index contributed by atoms with van der Waals surface area (Å²) in [5.41, 5.74) is 1.08. The maximum Gasteiger partial charge on any atom is 0.104 e. The van der Waals surface area contributed by atoms with E-state index >= 15 is 0 Å². The highest BCUT2D eigenvalue weighted by Gasteiger charge is 2.25. The number of nitrogens with zero attached hydrogens (tertiary/aromatic N) is 1. The largest absolute Gasteiger partial charge is 0.384 e. The van der Waals surface area contributed by atoms with Gasteiger partial charge in [-0.15, -0.1) is 11.3 Å². The van der Waals surface area contributed by atoms with Crippen molar-refractivity contribution in [3.05, 3.63) is 21.9 Å². The molecule has 2 rings (SSSR count). The molecule has 2 heterocycles. The lowest BCUT2D eigenvalue weighted by molar-refractivity contribution is 0.107. The SMILES string of the molecule is CC1CCCN(Cc2sccc2C#CCO)C1C. The van der Waals surface area contributed by atoms with Crippen molar-refractivity contribution in [2.45, 2.75) is 39.3 Å². The van der Waals surface area contributed by atoms with Crippen LogP contribution in [0.25, 0.3) is 0 Å². The second kappa shape index (κ2) is 6.38. The third kappa shape index (κ3) is 3.14. The number of thiophene rings is 1. The third-order valence-corrected chi connectivity index (χ3v) is 4.80. The zero-order chi connectivity index (χ0) is 13.0. The number of likely N-dealkylation sites (tertiary alicyclic amines) is 1. The Labute approximate surface area is 114 Å². The van der Waals surface area contributed by atoms with Gasteiger partial charge in [-0.1, -0.05) is 18.8 Å². The number of hydrogen-bond donors (Lipinski definition) is 1. The summed E-state index contributed by atoms with van der Waals surface area (Å²) in [7, 11) is 0. The van der Waals surface area contributed by atoms with Crippen LogP contribution in [0.3, 0.4) is 0 Å². The van der Waals surface area contributed by atoms with Gasteiger partial charge in [0.25, 0.3) is 0 Å². The Morgan fingerprint density at radius 1 is 1.50 bits per heavy atom. The van der Waals surface area contributed by atoms with Crippen molar-refractivity contribution in [1.82, 2.24) is 4.90 Å². The molecule has 1 aliphatic rings. The fourth-order valence-corrected chi connectivity index (χ4v) is 3.39. The summed E-state index contributed by atoms with van der Waals surface area (Å²) in [5.74, 6) is 6.57. The molecule has 0 radical (unpaired) electrons. The average molecular weight is 263 g/mol. The lowest BCUT2D eigenvalue weighted by Crippen LogP contribution is -2.41. The van der Waals surface area contributed by atoms with E-state index in [1.807, 2.05) is 0 Å². The zero-order valence-electron chi connectivity index (χ0n) is 11.1. The highest BCUT2D eigenvalue weighted by atomic mass is 32.1. The number of hydrogen-bond acceptors (Lipinski definition) is 3. The molecule has 98 valence electrons. The fourth-order valence-electron chi connectivity index (χ4n) is 2.54. The minimum atomic E-state index is -0.0631.